The van der Waals surface area contributed by atoms with E-state index in [-0.39, 0.29) is 13.1 Å². The first-order valence-corrected chi connectivity index (χ1v) is 7.06. The quantitative estimate of drug-likeness (QED) is 0.895. The second-order valence-corrected chi connectivity index (χ2v) is 5.61. The van der Waals surface area contributed by atoms with Crippen LogP contribution in [-0.2, 0) is 4.74 Å². The topological polar surface area (TPSA) is 84.7 Å². The first-order chi connectivity index (χ1) is 10.3. The Morgan fingerprint density at radius 3 is 2.45 bits per heavy atom. The number of urea groups is 1. The lowest BCUT2D eigenvalue weighted by atomic mass is 10.2. The molecule has 0 spiro atoms. The Hall–Kier alpha value is -2.34. The van der Waals surface area contributed by atoms with E-state index in [9.17, 15) is 9.59 Å². The molecule has 3 amide bonds. The molecule has 1 aromatic carbocycles. The van der Waals surface area contributed by atoms with Crippen LogP contribution in [0.15, 0.2) is 36.5 Å². The molecular weight excluding hydrogens is 282 g/mol. The maximum atomic E-state index is 12.1. The van der Waals surface area contributed by atoms with E-state index in [0.29, 0.717) is 0 Å². The van der Waals surface area contributed by atoms with E-state index < -0.39 is 17.7 Å². The molecule has 0 unspecified atom stereocenters. The van der Waals surface area contributed by atoms with Crippen molar-refractivity contribution < 1.29 is 14.3 Å². The SMILES string of the molecule is CC(C)(C)OC(=O)N(CCN)C(=O)N/C=C/c1ccccc1. The zero-order valence-electron chi connectivity index (χ0n) is 13.2. The van der Waals surface area contributed by atoms with Gasteiger partial charge in [0.2, 0.25) is 0 Å². The number of nitrogens with one attached hydrogen (secondary N) is 1. The molecule has 3 N–H and O–H groups in total. The lowest BCUT2D eigenvalue weighted by molar-refractivity contribution is 0.0328. The molecule has 0 fully saturated rings. The van der Waals surface area contributed by atoms with E-state index in [1.54, 1.807) is 26.8 Å². The molecule has 0 aromatic heterocycles. The normalized spacial score (nSPS) is 11.3. The van der Waals surface area contributed by atoms with Gasteiger partial charge in [-0.3, -0.25) is 0 Å². The van der Waals surface area contributed by atoms with Crippen LogP contribution in [0.25, 0.3) is 6.08 Å². The van der Waals surface area contributed by atoms with Gasteiger partial charge < -0.3 is 15.8 Å². The molecule has 0 bridgehead atoms. The van der Waals surface area contributed by atoms with Crippen LogP contribution in [-0.4, -0.2) is 35.7 Å². The first-order valence-electron chi connectivity index (χ1n) is 7.06. The van der Waals surface area contributed by atoms with Crippen molar-refractivity contribution in [2.24, 2.45) is 5.73 Å². The summed E-state index contributed by atoms with van der Waals surface area (Å²) in [7, 11) is 0. The van der Waals surface area contributed by atoms with Crippen molar-refractivity contribution in [1.29, 1.82) is 0 Å². The van der Waals surface area contributed by atoms with Gasteiger partial charge in [-0.1, -0.05) is 30.3 Å². The minimum absolute atomic E-state index is 0.0833. The van der Waals surface area contributed by atoms with E-state index >= 15 is 0 Å². The Morgan fingerprint density at radius 1 is 1.27 bits per heavy atom. The Kier molecular flexibility index (Phi) is 6.59. The zero-order valence-corrected chi connectivity index (χ0v) is 13.2. The maximum Gasteiger partial charge on any atom is 0.418 e. The molecule has 1 rings (SSSR count). The molecule has 6 heteroatoms. The third kappa shape index (κ3) is 6.41. The number of hydrogen-bond acceptors (Lipinski definition) is 4. The molecule has 6 nitrogen and oxygen atoms in total. The number of imide groups is 1. The van der Waals surface area contributed by atoms with Crippen molar-refractivity contribution in [2.45, 2.75) is 26.4 Å². The molecule has 0 aliphatic heterocycles. The van der Waals surface area contributed by atoms with Gasteiger partial charge in [-0.15, -0.1) is 0 Å². The molecule has 1 aromatic rings. The highest BCUT2D eigenvalue weighted by Crippen LogP contribution is 2.10. The summed E-state index contributed by atoms with van der Waals surface area (Å²) < 4.78 is 5.18. The summed E-state index contributed by atoms with van der Waals surface area (Å²) in [4.78, 5) is 25.0. The molecule has 120 valence electrons. The second kappa shape index (κ2) is 8.19. The zero-order chi connectivity index (χ0) is 16.6. The predicted octanol–water partition coefficient (Wildman–Crippen LogP) is 2.56. The molecule has 0 saturated carbocycles. The van der Waals surface area contributed by atoms with Crippen molar-refractivity contribution in [3.05, 3.63) is 42.1 Å². The number of hydrogen-bond donors (Lipinski definition) is 2. The standard InChI is InChI=1S/C16H23N3O3/c1-16(2,3)22-15(21)19(12-10-17)14(20)18-11-9-13-7-5-4-6-8-13/h4-9,11H,10,12,17H2,1-3H3,(H,18,20)/b11-9+. The van der Waals surface area contributed by atoms with E-state index in [4.69, 9.17) is 10.5 Å². The van der Waals surface area contributed by atoms with Crippen LogP contribution in [0.5, 0.6) is 0 Å². The van der Waals surface area contributed by atoms with Crippen LogP contribution < -0.4 is 11.1 Å². The number of nitrogens with zero attached hydrogens (tertiary/aromatic N) is 1. The fraction of sp³-hybridized carbons (Fsp3) is 0.375. The van der Waals surface area contributed by atoms with Gasteiger partial charge in [0.15, 0.2) is 0 Å². The van der Waals surface area contributed by atoms with E-state index in [0.717, 1.165) is 10.5 Å². The highest BCUT2D eigenvalue weighted by atomic mass is 16.6. The molecule has 0 aliphatic carbocycles. The fourth-order valence-electron chi connectivity index (χ4n) is 1.57. The monoisotopic (exact) mass is 305 g/mol. The summed E-state index contributed by atoms with van der Waals surface area (Å²) in [5.41, 5.74) is 5.70. The fourth-order valence-corrected chi connectivity index (χ4v) is 1.57. The number of carbonyl (C=O) groups excluding carboxylic acids is 2. The summed E-state index contributed by atoms with van der Waals surface area (Å²) in [5.74, 6) is 0. The Morgan fingerprint density at radius 2 is 1.91 bits per heavy atom. The van der Waals surface area contributed by atoms with Crippen molar-refractivity contribution >= 4 is 18.2 Å². The van der Waals surface area contributed by atoms with Crippen LogP contribution in [0, 0.1) is 0 Å². The summed E-state index contributed by atoms with van der Waals surface area (Å²) in [6.07, 6.45) is 2.49. The van der Waals surface area contributed by atoms with Crippen LogP contribution in [0.2, 0.25) is 0 Å². The number of ether oxygens (including phenoxy) is 1. The molecule has 22 heavy (non-hydrogen) atoms. The Bertz CT molecular complexity index is 521. The van der Waals surface area contributed by atoms with Crippen LogP contribution >= 0.6 is 0 Å². The minimum Gasteiger partial charge on any atom is -0.443 e. The number of carbonyl (C=O) groups is 2. The molecule has 0 aliphatic rings. The number of benzene rings is 1. The largest absolute Gasteiger partial charge is 0.443 e. The van der Waals surface area contributed by atoms with Gasteiger partial charge in [0.1, 0.15) is 5.60 Å². The van der Waals surface area contributed by atoms with Crippen molar-refractivity contribution in [3.8, 4) is 0 Å². The molecule has 0 atom stereocenters. The summed E-state index contributed by atoms with van der Waals surface area (Å²) in [6, 6.07) is 8.90. The van der Waals surface area contributed by atoms with Crippen LogP contribution in [0.4, 0.5) is 9.59 Å². The van der Waals surface area contributed by atoms with Crippen LogP contribution in [0.1, 0.15) is 26.3 Å². The summed E-state index contributed by atoms with van der Waals surface area (Å²) in [5, 5.41) is 2.53. The average Bonchev–Trinajstić information content (AvgIpc) is 2.43. The van der Waals surface area contributed by atoms with Crippen LogP contribution in [0.3, 0.4) is 0 Å². The van der Waals surface area contributed by atoms with Gasteiger partial charge in [0, 0.05) is 19.3 Å². The van der Waals surface area contributed by atoms with Gasteiger partial charge in [0.05, 0.1) is 0 Å². The van der Waals surface area contributed by atoms with Crippen molar-refractivity contribution in [2.75, 3.05) is 13.1 Å². The lowest BCUT2D eigenvalue weighted by Gasteiger charge is -2.25. The first kappa shape index (κ1) is 17.7. The predicted molar refractivity (Wildman–Crippen MR) is 86.0 cm³/mol. The Labute approximate surface area is 130 Å². The van der Waals surface area contributed by atoms with Gasteiger partial charge >= 0.3 is 12.1 Å². The summed E-state index contributed by atoms with van der Waals surface area (Å²) >= 11 is 0. The molecule has 0 radical (unpaired) electrons. The number of nitrogens with two attached hydrogens (primary N) is 1. The maximum absolute atomic E-state index is 12.1. The molecule has 0 saturated heterocycles. The highest BCUT2D eigenvalue weighted by molar-refractivity contribution is 5.91. The minimum atomic E-state index is -0.719. The molecular formula is C16H23N3O3. The van der Waals surface area contributed by atoms with Gasteiger partial charge in [0.25, 0.3) is 0 Å². The molecule has 0 heterocycles. The smallest absolute Gasteiger partial charge is 0.418 e. The van der Waals surface area contributed by atoms with E-state index in [1.165, 1.54) is 6.20 Å². The second-order valence-electron chi connectivity index (χ2n) is 5.61. The van der Waals surface area contributed by atoms with Crippen molar-refractivity contribution in [3.63, 3.8) is 0 Å². The average molecular weight is 305 g/mol. The van der Waals surface area contributed by atoms with E-state index in [2.05, 4.69) is 5.32 Å². The third-order valence-electron chi connectivity index (χ3n) is 2.49. The lowest BCUT2D eigenvalue weighted by Crippen LogP contribution is -2.46. The van der Waals surface area contributed by atoms with Gasteiger partial charge in [-0.25, -0.2) is 14.5 Å². The van der Waals surface area contributed by atoms with Gasteiger partial charge in [-0.2, -0.15) is 0 Å². The number of rotatable bonds is 4. The van der Waals surface area contributed by atoms with E-state index in [1.807, 2.05) is 30.3 Å². The highest BCUT2D eigenvalue weighted by Gasteiger charge is 2.26. The Balaban J connectivity index is 2.65. The summed E-state index contributed by atoms with van der Waals surface area (Å²) in [6.45, 7) is 5.45. The van der Waals surface area contributed by atoms with Gasteiger partial charge in [-0.05, 0) is 32.4 Å². The third-order valence-corrected chi connectivity index (χ3v) is 2.49. The van der Waals surface area contributed by atoms with Crippen molar-refractivity contribution in [1.82, 2.24) is 10.2 Å². The number of amides is 3.